The van der Waals surface area contributed by atoms with Crippen LogP contribution >= 0.6 is 0 Å². The largest absolute Gasteiger partial charge is 0.496 e. The van der Waals surface area contributed by atoms with E-state index in [-0.39, 0.29) is 10.8 Å². The molecule has 0 saturated heterocycles. The topological polar surface area (TPSA) is 9.23 Å². The van der Waals surface area contributed by atoms with Crippen LogP contribution in [0.3, 0.4) is 0 Å². The zero-order valence-corrected chi connectivity index (χ0v) is 18.8. The van der Waals surface area contributed by atoms with Gasteiger partial charge in [0.25, 0.3) is 0 Å². The van der Waals surface area contributed by atoms with Crippen LogP contribution in [0.5, 0.6) is 5.75 Å². The first-order valence-electron chi connectivity index (χ1n) is 10.5. The first-order chi connectivity index (χ1) is 13.6. The molecule has 3 aromatic rings. The van der Waals surface area contributed by atoms with Gasteiger partial charge in [0.1, 0.15) is 5.75 Å². The van der Waals surface area contributed by atoms with Crippen LogP contribution in [0, 0.1) is 0 Å². The lowest BCUT2D eigenvalue weighted by Crippen LogP contribution is -2.18. The van der Waals surface area contributed by atoms with Gasteiger partial charge in [0.2, 0.25) is 0 Å². The summed E-state index contributed by atoms with van der Waals surface area (Å²) in [7, 11) is 1.80. The van der Waals surface area contributed by atoms with E-state index in [1.165, 1.54) is 44.5 Å². The van der Waals surface area contributed by atoms with Crippen molar-refractivity contribution >= 4 is 0 Å². The van der Waals surface area contributed by atoms with Crippen LogP contribution in [-0.4, -0.2) is 7.11 Å². The number of hydrogen-bond acceptors (Lipinski definition) is 1. The number of ether oxygens (including phenoxy) is 1. The first kappa shape index (κ1) is 19.8. The molecule has 0 N–H and O–H groups in total. The second-order valence-electron chi connectivity index (χ2n) is 10.3. The minimum Gasteiger partial charge on any atom is -0.496 e. The van der Waals surface area contributed by atoms with E-state index in [0.29, 0.717) is 0 Å². The van der Waals surface area contributed by atoms with Crippen molar-refractivity contribution in [2.24, 2.45) is 0 Å². The van der Waals surface area contributed by atoms with Crippen molar-refractivity contribution in [3.63, 3.8) is 0 Å². The summed E-state index contributed by atoms with van der Waals surface area (Å²) in [6, 6.07) is 20.3. The van der Waals surface area contributed by atoms with Gasteiger partial charge in [-0.1, -0.05) is 90.1 Å². The molecule has 3 aromatic carbocycles. The standard InChI is InChI=1S/C28H32O/c1-27(2,3)21-16-24(26(29-7)25(17-21)28(4,5)6)19-12-13-23-20(15-19)14-18-10-8-9-11-22(18)23/h8-13,15-17H,14H2,1-7H3. The maximum atomic E-state index is 6.01. The highest BCUT2D eigenvalue weighted by atomic mass is 16.5. The Kier molecular flexibility index (Phi) is 4.61. The SMILES string of the molecule is COc1c(-c2ccc3c(c2)Cc2ccccc2-3)cc(C(C)(C)C)cc1C(C)(C)C. The quantitative estimate of drug-likeness (QED) is 0.347. The molecule has 0 spiro atoms. The van der Waals surface area contributed by atoms with E-state index in [9.17, 15) is 0 Å². The number of fused-ring (bicyclic) bond motifs is 3. The molecule has 0 amide bonds. The smallest absolute Gasteiger partial charge is 0.130 e. The fourth-order valence-corrected chi connectivity index (χ4v) is 4.37. The van der Waals surface area contributed by atoms with Crippen molar-refractivity contribution in [3.8, 4) is 28.0 Å². The molecule has 0 saturated carbocycles. The number of hydrogen-bond donors (Lipinski definition) is 0. The molecule has 150 valence electrons. The Balaban J connectivity index is 1.92. The average Bonchev–Trinajstić information content (AvgIpc) is 3.03. The second kappa shape index (κ2) is 6.76. The minimum absolute atomic E-state index is 0.00825. The molecule has 0 aliphatic heterocycles. The molecule has 0 fully saturated rings. The molecule has 0 unspecified atom stereocenters. The molecular weight excluding hydrogens is 352 g/mol. The molecule has 0 aromatic heterocycles. The lowest BCUT2D eigenvalue weighted by atomic mass is 9.78. The minimum atomic E-state index is 0.00825. The summed E-state index contributed by atoms with van der Waals surface area (Å²) in [5, 5.41) is 0. The fraction of sp³-hybridized carbons (Fsp3) is 0.357. The van der Waals surface area contributed by atoms with E-state index < -0.39 is 0 Å². The Hall–Kier alpha value is -2.54. The van der Waals surface area contributed by atoms with Gasteiger partial charge in [-0.05, 0) is 56.7 Å². The summed E-state index contributed by atoms with van der Waals surface area (Å²) in [6.45, 7) is 13.6. The highest BCUT2D eigenvalue weighted by molar-refractivity contribution is 5.82. The molecule has 29 heavy (non-hydrogen) atoms. The van der Waals surface area contributed by atoms with E-state index in [1.54, 1.807) is 7.11 Å². The Morgan fingerprint density at radius 2 is 1.38 bits per heavy atom. The molecule has 1 heteroatoms. The maximum Gasteiger partial charge on any atom is 0.130 e. The summed E-state index contributed by atoms with van der Waals surface area (Å²) in [4.78, 5) is 0. The molecule has 0 bridgehead atoms. The Labute approximate surface area is 175 Å². The third-order valence-electron chi connectivity index (χ3n) is 6.07. The summed E-state index contributed by atoms with van der Waals surface area (Å²) in [5.41, 5.74) is 10.7. The average molecular weight is 385 g/mol. The van der Waals surface area contributed by atoms with Crippen molar-refractivity contribution in [1.29, 1.82) is 0 Å². The lowest BCUT2D eigenvalue weighted by molar-refractivity contribution is 0.398. The Morgan fingerprint density at radius 1 is 0.690 bits per heavy atom. The number of benzene rings is 3. The lowest BCUT2D eigenvalue weighted by Gasteiger charge is -2.29. The van der Waals surface area contributed by atoms with Crippen LogP contribution in [0.2, 0.25) is 0 Å². The van der Waals surface area contributed by atoms with E-state index in [2.05, 4.69) is 96.1 Å². The van der Waals surface area contributed by atoms with Gasteiger partial charge in [0.15, 0.2) is 0 Å². The van der Waals surface area contributed by atoms with Crippen LogP contribution in [-0.2, 0) is 17.3 Å². The van der Waals surface area contributed by atoms with Gasteiger partial charge in [0.05, 0.1) is 7.11 Å². The molecule has 1 nitrogen and oxygen atoms in total. The monoisotopic (exact) mass is 384 g/mol. The summed E-state index contributed by atoms with van der Waals surface area (Å²) in [6.07, 6.45) is 1.01. The number of rotatable bonds is 2. The zero-order chi connectivity index (χ0) is 21.0. The van der Waals surface area contributed by atoms with E-state index >= 15 is 0 Å². The van der Waals surface area contributed by atoms with Gasteiger partial charge < -0.3 is 4.74 Å². The van der Waals surface area contributed by atoms with E-state index in [4.69, 9.17) is 4.74 Å². The van der Waals surface area contributed by atoms with Crippen molar-refractivity contribution in [3.05, 3.63) is 76.9 Å². The van der Waals surface area contributed by atoms with Crippen molar-refractivity contribution < 1.29 is 4.74 Å². The van der Waals surface area contributed by atoms with E-state index in [0.717, 1.165) is 12.2 Å². The van der Waals surface area contributed by atoms with Crippen molar-refractivity contribution in [2.75, 3.05) is 7.11 Å². The van der Waals surface area contributed by atoms with Crippen molar-refractivity contribution in [1.82, 2.24) is 0 Å². The Bertz CT molecular complexity index is 1070. The Morgan fingerprint density at radius 3 is 2.03 bits per heavy atom. The molecule has 0 atom stereocenters. The second-order valence-corrected chi connectivity index (χ2v) is 10.3. The molecule has 1 aliphatic rings. The fourth-order valence-electron chi connectivity index (χ4n) is 4.37. The van der Waals surface area contributed by atoms with Crippen LogP contribution in [0.25, 0.3) is 22.3 Å². The molecule has 4 rings (SSSR count). The van der Waals surface area contributed by atoms with Gasteiger partial charge >= 0.3 is 0 Å². The van der Waals surface area contributed by atoms with E-state index in [1.807, 2.05) is 0 Å². The molecular formula is C28H32O. The van der Waals surface area contributed by atoms with Crippen molar-refractivity contribution in [2.45, 2.75) is 58.8 Å². The van der Waals surface area contributed by atoms with Gasteiger partial charge in [-0.2, -0.15) is 0 Å². The van der Waals surface area contributed by atoms with Gasteiger partial charge in [-0.3, -0.25) is 0 Å². The molecule has 1 aliphatic carbocycles. The van der Waals surface area contributed by atoms with Gasteiger partial charge in [0, 0.05) is 11.1 Å². The van der Waals surface area contributed by atoms with Crippen LogP contribution in [0.15, 0.2) is 54.6 Å². The number of methoxy groups -OCH3 is 1. The third-order valence-corrected chi connectivity index (χ3v) is 6.07. The van der Waals surface area contributed by atoms with Gasteiger partial charge in [-0.25, -0.2) is 0 Å². The third kappa shape index (κ3) is 3.48. The summed E-state index contributed by atoms with van der Waals surface area (Å²) >= 11 is 0. The van der Waals surface area contributed by atoms with Crippen LogP contribution in [0.4, 0.5) is 0 Å². The highest BCUT2D eigenvalue weighted by Crippen LogP contribution is 2.45. The van der Waals surface area contributed by atoms with Gasteiger partial charge in [-0.15, -0.1) is 0 Å². The van der Waals surface area contributed by atoms with Crippen LogP contribution in [0.1, 0.15) is 63.8 Å². The first-order valence-corrected chi connectivity index (χ1v) is 10.5. The normalized spacial score (nSPS) is 13.2. The predicted molar refractivity (Wildman–Crippen MR) is 124 cm³/mol. The summed E-state index contributed by atoms with van der Waals surface area (Å²) in [5.74, 6) is 1.00. The summed E-state index contributed by atoms with van der Waals surface area (Å²) < 4.78 is 6.01. The zero-order valence-electron chi connectivity index (χ0n) is 18.8. The maximum absolute atomic E-state index is 6.01. The molecule has 0 radical (unpaired) electrons. The van der Waals surface area contributed by atoms with Crippen LogP contribution < -0.4 is 4.74 Å². The highest BCUT2D eigenvalue weighted by Gasteiger charge is 2.27. The predicted octanol–water partition coefficient (Wildman–Crippen LogP) is 7.53. The molecule has 0 heterocycles.